The van der Waals surface area contributed by atoms with Crippen LogP contribution in [0.25, 0.3) is 0 Å². The number of hydrogen-bond donors (Lipinski definition) is 2. The lowest BCUT2D eigenvalue weighted by Crippen LogP contribution is -2.55. The molecule has 0 aromatic rings. The molecule has 0 amide bonds. The van der Waals surface area contributed by atoms with Crippen LogP contribution in [-0.4, -0.2) is 22.4 Å². The van der Waals surface area contributed by atoms with Crippen LogP contribution in [0.3, 0.4) is 0 Å². The normalized spacial score (nSPS) is 37.0. The Bertz CT molecular complexity index is 593. The molecule has 2 aliphatic rings. The van der Waals surface area contributed by atoms with Crippen molar-refractivity contribution in [3.05, 3.63) is 0 Å². The number of unbranched alkanes of at least 4 members (excludes halogenated alkanes) is 1. The third-order valence-electron chi connectivity index (χ3n) is 11.2. The molecule has 4 unspecified atom stereocenters. The molecule has 2 saturated carbocycles. The van der Waals surface area contributed by atoms with Crippen LogP contribution in [0.1, 0.15) is 142 Å². The summed E-state index contributed by atoms with van der Waals surface area (Å²) in [6.07, 6.45) is 7.87. The van der Waals surface area contributed by atoms with Crippen molar-refractivity contribution in [1.29, 1.82) is 0 Å². The zero-order valence-corrected chi connectivity index (χ0v) is 27.0. The first-order valence-electron chi connectivity index (χ1n) is 15.4. The van der Waals surface area contributed by atoms with E-state index in [1.807, 2.05) is 0 Å². The van der Waals surface area contributed by atoms with Gasteiger partial charge in [0.2, 0.25) is 0 Å². The maximum Gasteiger partial charge on any atom is 0.0606 e. The average Bonchev–Trinajstić information content (AvgIpc) is 2.68. The van der Waals surface area contributed by atoms with Crippen molar-refractivity contribution in [2.75, 3.05) is 0 Å². The zero-order valence-electron chi connectivity index (χ0n) is 27.0. The molecule has 2 heteroatoms. The second-order valence-electron chi connectivity index (χ2n) is 17.8. The summed E-state index contributed by atoms with van der Waals surface area (Å²) in [6, 6.07) is 0. The maximum absolute atomic E-state index is 11.7. The highest BCUT2D eigenvalue weighted by Gasteiger charge is 2.55. The quantitative estimate of drug-likeness (QED) is 0.390. The Balaban J connectivity index is 2.60. The predicted octanol–water partition coefficient (Wildman–Crippen LogP) is 9.37. The molecule has 214 valence electrons. The summed E-state index contributed by atoms with van der Waals surface area (Å²) in [5, 5.41) is 23.3. The first-order valence-corrected chi connectivity index (χ1v) is 15.4. The van der Waals surface area contributed by atoms with Crippen LogP contribution in [0.4, 0.5) is 0 Å². The van der Waals surface area contributed by atoms with Crippen LogP contribution in [0.5, 0.6) is 0 Å². The van der Waals surface area contributed by atoms with Crippen LogP contribution in [-0.2, 0) is 0 Å². The summed E-state index contributed by atoms with van der Waals surface area (Å²) in [7, 11) is 0. The van der Waals surface area contributed by atoms with Gasteiger partial charge in [-0.2, -0.15) is 0 Å². The summed E-state index contributed by atoms with van der Waals surface area (Å²) in [4.78, 5) is 0. The summed E-state index contributed by atoms with van der Waals surface area (Å²) in [5.74, 6) is 2.53. The third kappa shape index (κ3) is 6.91. The third-order valence-corrected chi connectivity index (χ3v) is 11.2. The van der Waals surface area contributed by atoms with E-state index in [1.165, 1.54) is 19.3 Å². The highest BCUT2D eigenvalue weighted by Crippen LogP contribution is 2.60. The predicted molar refractivity (Wildman–Crippen MR) is 157 cm³/mol. The van der Waals surface area contributed by atoms with Gasteiger partial charge in [0.1, 0.15) is 0 Å². The summed E-state index contributed by atoms with van der Waals surface area (Å²) in [6.45, 7) is 33.1. The number of hydrogen-bond acceptors (Lipinski definition) is 2. The lowest BCUT2D eigenvalue weighted by Gasteiger charge is -2.59. The van der Waals surface area contributed by atoms with Gasteiger partial charge < -0.3 is 10.2 Å². The van der Waals surface area contributed by atoms with E-state index in [-0.39, 0.29) is 39.3 Å². The van der Waals surface area contributed by atoms with Gasteiger partial charge in [0.05, 0.1) is 12.2 Å². The van der Waals surface area contributed by atoms with Crippen molar-refractivity contribution < 1.29 is 10.2 Å². The minimum absolute atomic E-state index is 0.0951. The van der Waals surface area contributed by atoms with Gasteiger partial charge in [-0.05, 0) is 94.7 Å². The topological polar surface area (TPSA) is 40.5 Å². The number of aliphatic hydroxyl groups is 2. The molecule has 2 aliphatic carbocycles. The summed E-state index contributed by atoms with van der Waals surface area (Å²) < 4.78 is 0. The molecule has 36 heavy (non-hydrogen) atoms. The lowest BCUT2D eigenvalue weighted by molar-refractivity contribution is -0.143. The van der Waals surface area contributed by atoms with Crippen LogP contribution in [0.2, 0.25) is 0 Å². The van der Waals surface area contributed by atoms with Crippen molar-refractivity contribution >= 4 is 0 Å². The van der Waals surface area contributed by atoms with Gasteiger partial charge in [0.25, 0.3) is 0 Å². The van der Waals surface area contributed by atoms with E-state index in [0.717, 1.165) is 25.7 Å². The van der Waals surface area contributed by atoms with Crippen molar-refractivity contribution in [2.24, 2.45) is 62.6 Å². The van der Waals surface area contributed by atoms with E-state index in [0.29, 0.717) is 35.5 Å². The Morgan fingerprint density at radius 3 is 0.944 bits per heavy atom. The average molecular weight is 507 g/mol. The van der Waals surface area contributed by atoms with E-state index in [9.17, 15) is 10.2 Å². The molecule has 2 N–H and O–H groups in total. The van der Waals surface area contributed by atoms with E-state index in [1.54, 1.807) is 0 Å². The maximum atomic E-state index is 11.7. The van der Waals surface area contributed by atoms with E-state index in [4.69, 9.17) is 0 Å². The van der Waals surface area contributed by atoms with Crippen LogP contribution < -0.4 is 0 Å². The fourth-order valence-corrected chi connectivity index (χ4v) is 8.38. The molecular weight excluding hydrogens is 440 g/mol. The Hall–Kier alpha value is -0.0800. The van der Waals surface area contributed by atoms with Crippen molar-refractivity contribution in [1.82, 2.24) is 0 Å². The molecule has 2 fully saturated rings. The van der Waals surface area contributed by atoms with Crippen LogP contribution in [0, 0.1) is 62.6 Å². The molecule has 2 nitrogen and oxygen atoms in total. The smallest absolute Gasteiger partial charge is 0.0606 e. The standard InChI is InChI=1S/C34H66O2/c1-15-16-17-34(14,22-18-24(30(2,3)4)28(35)25(19-22)31(5,6)7)23-20-26(32(8,9)10)29(36)27(21-23)33(11,12)13/h22-29,35-36H,15-21H2,1-14H3. The monoisotopic (exact) mass is 507 g/mol. The number of aliphatic hydroxyl groups excluding tert-OH is 2. The largest absolute Gasteiger partial charge is 0.393 e. The van der Waals surface area contributed by atoms with Gasteiger partial charge in [0.15, 0.2) is 0 Å². The Morgan fingerprint density at radius 2 is 0.750 bits per heavy atom. The van der Waals surface area contributed by atoms with Gasteiger partial charge in [-0.25, -0.2) is 0 Å². The SMILES string of the molecule is CCCCC(C)(C1CC(C(C)(C)C)C(O)C(C(C)(C)C)C1)C1CC(C(C)(C)C)C(O)C(C(C)(C)C)C1. The second kappa shape index (κ2) is 10.8. The summed E-state index contributed by atoms with van der Waals surface area (Å²) >= 11 is 0. The molecule has 2 rings (SSSR count). The van der Waals surface area contributed by atoms with E-state index >= 15 is 0 Å². The van der Waals surface area contributed by atoms with Gasteiger partial charge in [0, 0.05) is 0 Å². The zero-order chi connectivity index (χ0) is 28.1. The Kier molecular flexibility index (Phi) is 9.66. The molecule has 0 bridgehead atoms. The fourth-order valence-electron chi connectivity index (χ4n) is 8.38. The first-order chi connectivity index (χ1) is 16.0. The van der Waals surface area contributed by atoms with Crippen LogP contribution in [0.15, 0.2) is 0 Å². The van der Waals surface area contributed by atoms with Gasteiger partial charge in [-0.1, -0.05) is 110 Å². The molecule has 0 aromatic carbocycles. The minimum Gasteiger partial charge on any atom is -0.393 e. The van der Waals surface area contributed by atoms with E-state index in [2.05, 4.69) is 96.9 Å². The van der Waals surface area contributed by atoms with Crippen molar-refractivity contribution in [3.63, 3.8) is 0 Å². The second-order valence-corrected chi connectivity index (χ2v) is 17.8. The van der Waals surface area contributed by atoms with Gasteiger partial charge in [-0.15, -0.1) is 0 Å². The number of rotatable bonds is 5. The van der Waals surface area contributed by atoms with Gasteiger partial charge in [-0.3, -0.25) is 0 Å². The Morgan fingerprint density at radius 1 is 0.500 bits per heavy atom. The van der Waals surface area contributed by atoms with E-state index < -0.39 is 0 Å². The minimum atomic E-state index is -0.227. The molecular formula is C34H66O2. The van der Waals surface area contributed by atoms with Gasteiger partial charge >= 0.3 is 0 Å². The molecule has 0 aliphatic heterocycles. The summed E-state index contributed by atoms with van der Waals surface area (Å²) in [5.41, 5.74) is 0.613. The molecule has 0 aromatic heterocycles. The fraction of sp³-hybridized carbons (Fsp3) is 1.00. The van der Waals surface area contributed by atoms with Crippen molar-refractivity contribution in [2.45, 2.75) is 154 Å². The first kappa shape index (κ1) is 32.1. The van der Waals surface area contributed by atoms with Crippen molar-refractivity contribution in [3.8, 4) is 0 Å². The molecule has 0 radical (unpaired) electrons. The lowest BCUT2D eigenvalue weighted by atomic mass is 9.47. The molecule has 0 spiro atoms. The van der Waals surface area contributed by atoms with Crippen LogP contribution >= 0.6 is 0 Å². The molecule has 0 heterocycles. The molecule has 0 saturated heterocycles. The Labute approximate surface area is 226 Å². The highest BCUT2D eigenvalue weighted by molar-refractivity contribution is 5.05. The highest BCUT2D eigenvalue weighted by atomic mass is 16.3. The molecule has 4 atom stereocenters.